The van der Waals surface area contributed by atoms with Crippen molar-refractivity contribution in [3.63, 3.8) is 0 Å². The maximum absolute atomic E-state index is 13.3. The number of carbonyl (C=O) groups is 1. The van der Waals surface area contributed by atoms with Gasteiger partial charge in [0.1, 0.15) is 5.75 Å². The number of aliphatic hydroxyl groups excluding tert-OH is 1. The number of aromatic nitrogens is 2. The number of pyridine rings is 1. The van der Waals surface area contributed by atoms with E-state index in [4.69, 9.17) is 4.74 Å². The Kier molecular flexibility index (Phi) is 4.81. The highest BCUT2D eigenvalue weighted by molar-refractivity contribution is 6.08. The second kappa shape index (κ2) is 7.28. The van der Waals surface area contributed by atoms with Crippen molar-refractivity contribution in [1.29, 1.82) is 0 Å². The normalized spacial score (nSPS) is 19.9. The van der Waals surface area contributed by atoms with E-state index in [1.165, 1.54) is 0 Å². The van der Waals surface area contributed by atoms with Crippen LogP contribution in [0.3, 0.4) is 0 Å². The van der Waals surface area contributed by atoms with Gasteiger partial charge in [0.25, 0.3) is 5.91 Å². The van der Waals surface area contributed by atoms with Gasteiger partial charge >= 0.3 is 0 Å². The second-order valence-corrected chi connectivity index (χ2v) is 7.49. The zero-order chi connectivity index (χ0) is 19.8. The molecule has 0 unspecified atom stereocenters. The number of hydrogen-bond acceptors (Lipinski definition) is 4. The van der Waals surface area contributed by atoms with E-state index < -0.39 is 0 Å². The van der Waals surface area contributed by atoms with E-state index in [0.717, 1.165) is 28.0 Å². The first-order valence-electron chi connectivity index (χ1n) is 9.52. The van der Waals surface area contributed by atoms with Crippen LogP contribution in [-0.2, 0) is 7.05 Å². The van der Waals surface area contributed by atoms with Crippen LogP contribution < -0.4 is 10.1 Å². The summed E-state index contributed by atoms with van der Waals surface area (Å²) in [6, 6.07) is 11.3. The van der Waals surface area contributed by atoms with Crippen LogP contribution in [0.25, 0.3) is 10.9 Å². The number of rotatable bonds is 5. The summed E-state index contributed by atoms with van der Waals surface area (Å²) in [5.74, 6) is 0.766. The molecule has 1 amide bonds. The molecule has 2 N–H and O–H groups in total. The Labute approximate surface area is 164 Å². The third kappa shape index (κ3) is 3.14. The molecule has 3 aromatic rings. The van der Waals surface area contributed by atoms with Crippen LogP contribution in [0, 0.1) is 12.8 Å². The summed E-state index contributed by atoms with van der Waals surface area (Å²) in [6.07, 6.45) is 2.78. The zero-order valence-corrected chi connectivity index (χ0v) is 16.3. The van der Waals surface area contributed by atoms with E-state index >= 15 is 0 Å². The Morgan fingerprint density at radius 1 is 1.32 bits per heavy atom. The minimum atomic E-state index is -0.295. The predicted molar refractivity (Wildman–Crippen MR) is 107 cm³/mol. The van der Waals surface area contributed by atoms with Crippen LogP contribution in [0.4, 0.5) is 0 Å². The molecular weight excluding hydrogens is 354 g/mol. The first-order chi connectivity index (χ1) is 13.5. The van der Waals surface area contributed by atoms with Crippen molar-refractivity contribution in [3.05, 3.63) is 59.5 Å². The number of nitrogens with zero attached hydrogens (tertiary/aromatic N) is 2. The SMILES string of the molecule is COc1ccc2c(c1)c(C(=O)N[C@@H](c1ccccn1)C1CC(O)C1)c(C)n2C. The molecule has 0 saturated heterocycles. The first-order valence-corrected chi connectivity index (χ1v) is 9.52. The molecule has 2 heterocycles. The third-order valence-corrected chi connectivity index (χ3v) is 5.84. The van der Waals surface area contributed by atoms with Crippen LogP contribution in [-0.4, -0.2) is 33.8 Å². The Balaban J connectivity index is 1.71. The number of aryl methyl sites for hydroxylation is 1. The van der Waals surface area contributed by atoms with Crippen molar-refractivity contribution in [1.82, 2.24) is 14.9 Å². The molecule has 0 aliphatic heterocycles. The lowest BCUT2D eigenvalue weighted by Crippen LogP contribution is -2.41. The van der Waals surface area contributed by atoms with E-state index in [0.29, 0.717) is 18.4 Å². The number of fused-ring (bicyclic) bond motifs is 1. The second-order valence-electron chi connectivity index (χ2n) is 7.49. The summed E-state index contributed by atoms with van der Waals surface area (Å²) < 4.78 is 7.37. The average Bonchev–Trinajstić information content (AvgIpc) is 2.94. The lowest BCUT2D eigenvalue weighted by Gasteiger charge is -2.37. The smallest absolute Gasteiger partial charge is 0.254 e. The maximum atomic E-state index is 13.3. The molecule has 1 atom stereocenters. The third-order valence-electron chi connectivity index (χ3n) is 5.84. The average molecular weight is 379 g/mol. The lowest BCUT2D eigenvalue weighted by molar-refractivity contribution is 0.0228. The highest BCUT2D eigenvalue weighted by Crippen LogP contribution is 2.38. The van der Waals surface area contributed by atoms with Gasteiger partial charge in [0.05, 0.1) is 30.5 Å². The van der Waals surface area contributed by atoms with Gasteiger partial charge in [0.2, 0.25) is 0 Å². The fourth-order valence-electron chi connectivity index (χ4n) is 4.07. The first kappa shape index (κ1) is 18.5. The van der Waals surface area contributed by atoms with Crippen LogP contribution in [0.5, 0.6) is 5.75 Å². The summed E-state index contributed by atoms with van der Waals surface area (Å²) in [6.45, 7) is 1.95. The van der Waals surface area contributed by atoms with Gasteiger partial charge in [-0.15, -0.1) is 0 Å². The van der Waals surface area contributed by atoms with E-state index in [9.17, 15) is 9.90 Å². The topological polar surface area (TPSA) is 76.4 Å². The molecule has 1 aromatic carbocycles. The Bertz CT molecular complexity index is 1010. The van der Waals surface area contributed by atoms with Crippen molar-refractivity contribution in [2.75, 3.05) is 7.11 Å². The summed E-state index contributed by atoms with van der Waals surface area (Å²) in [5, 5.41) is 13.8. The van der Waals surface area contributed by atoms with Crippen molar-refractivity contribution in [2.45, 2.75) is 31.9 Å². The number of aliphatic hydroxyl groups is 1. The summed E-state index contributed by atoms with van der Waals surface area (Å²) in [4.78, 5) is 17.8. The fourth-order valence-corrected chi connectivity index (χ4v) is 4.07. The van der Waals surface area contributed by atoms with Crippen LogP contribution in [0.15, 0.2) is 42.6 Å². The van der Waals surface area contributed by atoms with Crippen molar-refractivity contribution < 1.29 is 14.6 Å². The Hall–Kier alpha value is -2.86. The molecule has 1 fully saturated rings. The summed E-state index contributed by atoms with van der Waals surface area (Å²) in [7, 11) is 3.58. The van der Waals surface area contributed by atoms with Gasteiger partial charge in [-0.25, -0.2) is 0 Å². The standard InChI is InChI=1S/C22H25N3O3/c1-13-20(17-12-16(28-3)7-8-19(17)25(13)2)22(27)24-21(14-10-15(26)11-14)18-6-4-5-9-23-18/h4-9,12,14-15,21,26H,10-11H2,1-3H3,(H,24,27)/t14?,15?,21-/m1/s1. The van der Waals surface area contributed by atoms with Gasteiger partial charge in [0, 0.05) is 29.8 Å². The quantitative estimate of drug-likeness (QED) is 0.714. The number of hydrogen-bond donors (Lipinski definition) is 2. The van der Waals surface area contributed by atoms with Crippen LogP contribution in [0.1, 0.15) is 40.6 Å². The van der Waals surface area contributed by atoms with Gasteiger partial charge in [-0.1, -0.05) is 6.07 Å². The van der Waals surface area contributed by atoms with Crippen molar-refractivity contribution in [3.8, 4) is 5.75 Å². The van der Waals surface area contributed by atoms with Crippen molar-refractivity contribution >= 4 is 16.8 Å². The maximum Gasteiger partial charge on any atom is 0.254 e. The molecule has 28 heavy (non-hydrogen) atoms. The molecule has 1 saturated carbocycles. The molecule has 1 aliphatic carbocycles. The molecule has 2 aromatic heterocycles. The van der Waals surface area contributed by atoms with E-state index in [1.54, 1.807) is 13.3 Å². The van der Waals surface area contributed by atoms with Crippen LogP contribution >= 0.6 is 0 Å². The molecule has 6 nitrogen and oxygen atoms in total. The van der Waals surface area contributed by atoms with Crippen LogP contribution in [0.2, 0.25) is 0 Å². The molecule has 4 rings (SSSR count). The predicted octanol–water partition coefficient (Wildman–Crippen LogP) is 3.13. The molecule has 0 bridgehead atoms. The van der Waals surface area contributed by atoms with Gasteiger partial charge in [-0.2, -0.15) is 0 Å². The minimum Gasteiger partial charge on any atom is -0.497 e. The monoisotopic (exact) mass is 379 g/mol. The molecule has 1 aliphatic rings. The molecule has 146 valence electrons. The van der Waals surface area contributed by atoms with Gasteiger partial charge in [-0.05, 0) is 56.0 Å². The number of carbonyl (C=O) groups excluding carboxylic acids is 1. The molecule has 6 heteroatoms. The molecule has 0 radical (unpaired) electrons. The number of amides is 1. The lowest BCUT2D eigenvalue weighted by atomic mass is 9.76. The van der Waals surface area contributed by atoms with Gasteiger partial charge in [-0.3, -0.25) is 9.78 Å². The Morgan fingerprint density at radius 2 is 2.11 bits per heavy atom. The number of ether oxygens (including phenoxy) is 1. The fraction of sp³-hybridized carbons (Fsp3) is 0.364. The van der Waals surface area contributed by atoms with Gasteiger partial charge in [0.15, 0.2) is 0 Å². The summed E-state index contributed by atoms with van der Waals surface area (Å²) in [5.41, 5.74) is 3.35. The van der Waals surface area contributed by atoms with Gasteiger partial charge < -0.3 is 19.7 Å². The number of benzene rings is 1. The largest absolute Gasteiger partial charge is 0.497 e. The zero-order valence-electron chi connectivity index (χ0n) is 16.3. The van der Waals surface area contributed by atoms with E-state index in [-0.39, 0.29) is 24.0 Å². The highest BCUT2D eigenvalue weighted by atomic mass is 16.5. The van der Waals surface area contributed by atoms with E-state index in [2.05, 4.69) is 10.3 Å². The molecule has 0 spiro atoms. The summed E-state index contributed by atoms with van der Waals surface area (Å²) >= 11 is 0. The van der Waals surface area contributed by atoms with E-state index in [1.807, 2.05) is 54.9 Å². The minimum absolute atomic E-state index is 0.131. The number of methoxy groups -OCH3 is 1. The highest BCUT2D eigenvalue weighted by Gasteiger charge is 2.37. The Morgan fingerprint density at radius 3 is 2.75 bits per heavy atom. The number of nitrogens with one attached hydrogen (secondary N) is 1. The molecular formula is C22H25N3O3. The van der Waals surface area contributed by atoms with Crippen molar-refractivity contribution in [2.24, 2.45) is 13.0 Å².